The van der Waals surface area contributed by atoms with Crippen LogP contribution in [-0.2, 0) is 125 Å². The van der Waals surface area contributed by atoms with Crippen LogP contribution in [0.4, 0.5) is 5.69 Å². The van der Waals surface area contributed by atoms with E-state index in [1.165, 1.54) is 61.2 Å². The van der Waals surface area contributed by atoms with E-state index >= 15 is 13.2 Å². The van der Waals surface area contributed by atoms with E-state index in [9.17, 15) is 58.2 Å². The number of esters is 9. The van der Waals surface area contributed by atoms with Crippen LogP contribution in [-0.4, -0.2) is 266 Å². The van der Waals surface area contributed by atoms with Crippen LogP contribution in [0.2, 0.25) is 0 Å². The Labute approximate surface area is 684 Å². The molecule has 5 aromatic rings. The van der Waals surface area contributed by atoms with Crippen LogP contribution >= 0.6 is 11.6 Å². The molecule has 5 heterocycles. The predicted molar refractivity (Wildman–Crippen MR) is 406 cm³/mol. The Balaban J connectivity index is 1.03. The lowest BCUT2D eigenvalue weighted by Gasteiger charge is -2.46. The minimum atomic E-state index is -5.56. The lowest BCUT2D eigenvalue weighted by atomic mass is 9.92. The molecule has 3 unspecified atom stereocenters. The van der Waals surface area contributed by atoms with Gasteiger partial charge < -0.3 is 114 Å². The fraction of sp³-hybridized carbons (Fsp3) is 0.526. The summed E-state index contributed by atoms with van der Waals surface area (Å²) in [6, 6.07) is 15.3. The fourth-order valence-corrected chi connectivity index (χ4v) is 14.7. The number of anilines is 1. The van der Waals surface area contributed by atoms with Crippen LogP contribution in [0.5, 0.6) is 23.0 Å². The maximum atomic E-state index is 15.2. The molecule has 2 amide bonds. The Morgan fingerprint density at radius 1 is 0.605 bits per heavy atom. The molecule has 4 aliphatic heterocycles. The Bertz CT molecular complexity index is 4900. The number of fused-ring (bicyclic) bond motifs is 4. The number of azide groups is 1. The third kappa shape index (κ3) is 22.0. The number of carbonyl (C=O) groups is 11. The van der Waals surface area contributed by atoms with Gasteiger partial charge in [-0.25, -0.2) is 14.4 Å². The van der Waals surface area contributed by atoms with Crippen LogP contribution in [0.15, 0.2) is 77.0 Å². The average molecular weight is 1710 g/mol. The van der Waals surface area contributed by atoms with Gasteiger partial charge >= 0.3 is 64.1 Å². The number of hydrogen-bond acceptors (Lipinski definition) is 36. The second kappa shape index (κ2) is 38.7. The molecule has 1 aromatic heterocycles. The van der Waals surface area contributed by atoms with E-state index in [0.29, 0.717) is 27.4 Å². The number of H-pyrrole nitrogens is 1. The number of aliphatic hydroxyl groups is 2. The summed E-state index contributed by atoms with van der Waals surface area (Å²) in [5.41, 5.74) is 8.69. The van der Waals surface area contributed by atoms with E-state index < -0.39 is 202 Å². The summed E-state index contributed by atoms with van der Waals surface area (Å²) < 4.78 is 130. The number of nitrogens with one attached hydrogen (secondary N) is 1. The van der Waals surface area contributed by atoms with E-state index in [-0.39, 0.29) is 72.5 Å². The highest BCUT2D eigenvalue weighted by molar-refractivity contribution is 7.82. The summed E-state index contributed by atoms with van der Waals surface area (Å²) in [5.74, 6) is -13.5. The number of alkyl halides is 1. The molecule has 0 bridgehead atoms. The smallest absolute Gasteiger partial charge is 0.497 e. The number of rotatable bonds is 32. The molecule has 3 N–H and O–H groups in total. The first kappa shape index (κ1) is 91.7. The number of benzene rings is 4. The van der Waals surface area contributed by atoms with Crippen molar-refractivity contribution in [1.29, 1.82) is 0 Å². The number of halogens is 1. The highest BCUT2D eigenvalue weighted by Crippen LogP contribution is 2.48. The topological polar surface area (TPSA) is 521 Å². The molecule has 646 valence electrons. The quantitative estimate of drug-likeness (QED) is 0.00747. The SMILES string of the molecule is COC(=O)C1O[C@@H](O/N=C(\C)c2ccc3[nH]c(C(=O)N4C[C@@H](CCl)c5c4cc(OS(=O)(=O)Oc4cc(C(=O)N(C)CC(C)(C)COCC(C)(C)CN=[N+]=[N-])ccc4O[C@@H]4O[C@H](C(=O)OC)[C@@H](OC(C)=O)[C@H](OC(C)=O)[C@H]4OC(C)=O)c4ccc(OC)cc54)cc3c2)[C@H](O)[C@@H](OC2OC(C(=O)OC)[C@@H](OC(C)=O)[C@H](OC(C)=O)[C@H]2OC(C)=O)[C@@H]1O. The number of methoxy groups -OCH3 is 4. The first-order valence-electron chi connectivity index (χ1n) is 36.5. The minimum Gasteiger partial charge on any atom is -0.497 e. The van der Waals surface area contributed by atoms with Gasteiger partial charge in [0.1, 0.15) is 29.8 Å². The summed E-state index contributed by atoms with van der Waals surface area (Å²) in [6.45, 7) is 14.9. The van der Waals surface area contributed by atoms with Gasteiger partial charge in [0.25, 0.3) is 18.1 Å². The lowest BCUT2D eigenvalue weighted by molar-refractivity contribution is -0.354. The first-order valence-corrected chi connectivity index (χ1v) is 38.3. The standard InChI is InChI=1S/C76H90ClN7O34S/c1-34(81-116-72-56(92)57(55(91)58(113-72)69(95)101-14)112-74-66(110-40(7)90)62(108-38(5)88)60(106-36(3)86)64(115-74)71(97)103-16)41-17-21-48-43(23-41)24-49(80-48)68(94)84-29-44(28-77)54-47-26-45(100-13)19-20-46(47)52(27-50(54)84)117-119(98,99)118-53-25-42(67(93)83(12)31-76(10,11)33-104-32-75(8,9)30-79-82-78)18-22-51(53)111-73-65(109-39(6)89)61(107-37(4)87)59(105-35(2)85)63(114-73)70(96)102-15/h17-27,44,55-66,72-74,80,91-92H,28-33H2,1-16H3/b81-34+/t44-,55+,56-,57+,58?,59+,60+,61+,62+,63+,64?,65-,66-,72+,73-,74?/m1/s1. The van der Waals surface area contributed by atoms with Gasteiger partial charge in [-0.2, -0.15) is 0 Å². The van der Waals surface area contributed by atoms with Crippen LogP contribution in [0.25, 0.3) is 32.1 Å². The highest BCUT2D eigenvalue weighted by atomic mass is 35.5. The summed E-state index contributed by atoms with van der Waals surface area (Å²) in [5, 5.41) is 32.1. The first-order chi connectivity index (χ1) is 56.1. The summed E-state index contributed by atoms with van der Waals surface area (Å²) >= 11 is 6.73. The van der Waals surface area contributed by atoms with Gasteiger partial charge in [-0.05, 0) is 89.0 Å². The Morgan fingerprint density at radius 3 is 1.70 bits per heavy atom. The van der Waals surface area contributed by atoms with Crippen molar-refractivity contribution >= 4 is 121 Å². The Morgan fingerprint density at radius 2 is 1.13 bits per heavy atom. The van der Waals surface area contributed by atoms with E-state index in [1.807, 2.05) is 27.7 Å². The minimum absolute atomic E-state index is 0.0216. The van der Waals surface area contributed by atoms with Crippen molar-refractivity contribution in [3.8, 4) is 23.0 Å². The molecular weight excluding hydrogens is 1620 g/mol. The third-order valence-electron chi connectivity index (χ3n) is 18.7. The van der Waals surface area contributed by atoms with Crippen molar-refractivity contribution in [2.75, 3.05) is 79.1 Å². The maximum absolute atomic E-state index is 15.2. The van der Waals surface area contributed by atoms with Crippen molar-refractivity contribution in [2.45, 2.75) is 174 Å². The van der Waals surface area contributed by atoms with E-state index in [0.717, 1.165) is 75.0 Å². The zero-order valence-corrected chi connectivity index (χ0v) is 68.8. The Hall–Kier alpha value is -11.2. The second-order valence-corrected chi connectivity index (χ2v) is 30.8. The van der Waals surface area contributed by atoms with Gasteiger partial charge in [-0.1, -0.05) is 44.0 Å². The monoisotopic (exact) mass is 1710 g/mol. The number of oxime groups is 1. The summed E-state index contributed by atoms with van der Waals surface area (Å²) in [4.78, 5) is 160. The molecular formula is C76H90ClN7O34S. The molecule has 41 nitrogen and oxygen atoms in total. The third-order valence-corrected chi connectivity index (χ3v) is 19.9. The van der Waals surface area contributed by atoms with Crippen molar-refractivity contribution in [1.82, 2.24) is 9.88 Å². The van der Waals surface area contributed by atoms with Crippen molar-refractivity contribution in [2.24, 2.45) is 21.1 Å². The number of hydrogen-bond donors (Lipinski definition) is 3. The predicted octanol–water partition coefficient (Wildman–Crippen LogP) is 4.98. The normalized spacial score (nSPS) is 24.3. The molecule has 3 fully saturated rings. The number of amides is 2. The number of carbonyl (C=O) groups excluding carboxylic acids is 11. The number of aromatic amines is 1. The molecule has 43 heteroatoms. The van der Waals surface area contributed by atoms with Crippen LogP contribution in [0.1, 0.15) is 114 Å². The molecule has 0 spiro atoms. The number of nitrogens with zero attached hydrogens (tertiary/aromatic N) is 6. The van der Waals surface area contributed by atoms with Crippen molar-refractivity contribution in [3.05, 3.63) is 99.6 Å². The molecule has 9 rings (SSSR count). The second-order valence-electron chi connectivity index (χ2n) is 29.3. The van der Waals surface area contributed by atoms with Crippen molar-refractivity contribution < 1.29 is 160 Å². The molecule has 0 radical (unpaired) electrons. The zero-order valence-electron chi connectivity index (χ0n) is 67.3. The van der Waals surface area contributed by atoms with Gasteiger partial charge in [0.2, 0.25) is 12.4 Å². The summed E-state index contributed by atoms with van der Waals surface area (Å²) in [7, 11) is 0.138. The highest BCUT2D eigenvalue weighted by Gasteiger charge is 2.60. The molecule has 4 aromatic carbocycles. The number of aliphatic hydroxyl groups excluding tert-OH is 2. The molecule has 119 heavy (non-hydrogen) atoms. The molecule has 0 saturated carbocycles. The van der Waals surface area contributed by atoms with Gasteiger partial charge in [-0.15, -0.1) is 20.0 Å². The largest absolute Gasteiger partial charge is 0.501 e. The van der Waals surface area contributed by atoms with E-state index in [1.54, 1.807) is 24.3 Å². The summed E-state index contributed by atoms with van der Waals surface area (Å²) in [6.07, 6.45) is -29.9. The zero-order chi connectivity index (χ0) is 87.6. The average Bonchev–Trinajstić information content (AvgIpc) is 1.61. The van der Waals surface area contributed by atoms with Gasteiger partial charge in [0, 0.05) is 118 Å². The number of ether oxygens (including phenoxy) is 16. The molecule has 16 atom stereocenters. The van der Waals surface area contributed by atoms with E-state index in [2.05, 4.69) is 20.2 Å². The maximum Gasteiger partial charge on any atom is 0.501 e. The van der Waals surface area contributed by atoms with Crippen LogP contribution < -0.4 is 22.7 Å². The van der Waals surface area contributed by atoms with Gasteiger partial charge in [-0.3, -0.25) is 38.4 Å². The molecule has 3 saturated heterocycles. The van der Waals surface area contributed by atoms with E-state index in [4.69, 9.17) is 106 Å². The van der Waals surface area contributed by atoms with Gasteiger partial charge in [0.15, 0.2) is 72.4 Å². The van der Waals surface area contributed by atoms with Gasteiger partial charge in [0.05, 0.1) is 53.1 Å². The van der Waals surface area contributed by atoms with Crippen LogP contribution in [0, 0.1) is 10.8 Å². The molecule has 4 aliphatic rings. The Kier molecular flexibility index (Phi) is 29.8. The number of aromatic nitrogens is 1. The van der Waals surface area contributed by atoms with Crippen molar-refractivity contribution in [3.63, 3.8) is 0 Å². The lowest BCUT2D eigenvalue weighted by Crippen LogP contribution is -2.67. The van der Waals surface area contributed by atoms with Crippen LogP contribution in [0.3, 0.4) is 0 Å². The molecule has 0 aliphatic carbocycles. The fourth-order valence-electron chi connectivity index (χ4n) is 13.7.